The molecule has 1 aliphatic rings. The molecule has 130 valence electrons. The van der Waals surface area contributed by atoms with E-state index < -0.39 is 10.0 Å². The summed E-state index contributed by atoms with van der Waals surface area (Å²) in [6.07, 6.45) is 1.40. The maximum absolute atomic E-state index is 12.0. The highest BCUT2D eigenvalue weighted by Crippen LogP contribution is 2.27. The second-order valence-electron chi connectivity index (χ2n) is 6.03. The molecule has 0 bridgehead atoms. The first-order valence-corrected chi connectivity index (χ1v) is 9.66. The van der Waals surface area contributed by atoms with Crippen LogP contribution in [0.4, 0.5) is 5.69 Å². The SMILES string of the molecule is CCS(=O)(=O)N(C)C1CCN(c2cc(C(C)=O)ccc2C#N)CC1. The molecular weight excluding hydrogens is 326 g/mol. The standard InChI is InChI=1S/C17H23N3O3S/c1-4-24(22,23)19(3)16-7-9-20(10-8-16)17-11-14(13(2)21)5-6-15(17)12-18/h5-6,11,16H,4,7-10H2,1-3H3. The Bertz CT molecular complexity index is 760. The molecule has 6 nitrogen and oxygen atoms in total. The third kappa shape index (κ3) is 3.77. The van der Waals surface area contributed by atoms with Crippen molar-refractivity contribution in [2.24, 2.45) is 0 Å². The Kier molecular flexibility index (Phi) is 5.62. The fourth-order valence-corrected chi connectivity index (χ4v) is 4.08. The Labute approximate surface area is 143 Å². The smallest absolute Gasteiger partial charge is 0.213 e. The molecule has 1 aromatic rings. The fraction of sp³-hybridized carbons (Fsp3) is 0.529. The number of nitrogens with zero attached hydrogens (tertiary/aromatic N) is 3. The van der Waals surface area contributed by atoms with Crippen LogP contribution in [0.3, 0.4) is 0 Å². The summed E-state index contributed by atoms with van der Waals surface area (Å²) in [6, 6.07) is 7.24. The lowest BCUT2D eigenvalue weighted by molar-refractivity contribution is 0.101. The molecule has 24 heavy (non-hydrogen) atoms. The van der Waals surface area contributed by atoms with Crippen LogP contribution < -0.4 is 4.90 Å². The van der Waals surface area contributed by atoms with Gasteiger partial charge in [-0.05, 0) is 44.9 Å². The Morgan fingerprint density at radius 2 is 2.00 bits per heavy atom. The Balaban J connectivity index is 2.17. The van der Waals surface area contributed by atoms with E-state index in [4.69, 9.17) is 0 Å². The molecule has 1 aliphatic heterocycles. The van der Waals surface area contributed by atoms with Gasteiger partial charge in [-0.2, -0.15) is 5.26 Å². The molecule has 0 N–H and O–H groups in total. The number of anilines is 1. The van der Waals surface area contributed by atoms with Gasteiger partial charge in [0.15, 0.2) is 5.78 Å². The van der Waals surface area contributed by atoms with E-state index in [1.807, 2.05) is 0 Å². The number of hydrogen-bond acceptors (Lipinski definition) is 5. The van der Waals surface area contributed by atoms with Crippen LogP contribution in [0, 0.1) is 11.3 Å². The summed E-state index contributed by atoms with van der Waals surface area (Å²) in [5.74, 6) is 0.0626. The van der Waals surface area contributed by atoms with Crippen molar-refractivity contribution in [3.8, 4) is 6.07 Å². The molecule has 0 aromatic heterocycles. The number of piperidine rings is 1. The highest BCUT2D eigenvalue weighted by atomic mass is 32.2. The number of rotatable bonds is 5. The lowest BCUT2D eigenvalue weighted by Gasteiger charge is -2.37. The number of Topliss-reactive ketones (excluding diaryl/α,β-unsaturated/α-hetero) is 1. The van der Waals surface area contributed by atoms with E-state index in [1.54, 1.807) is 32.2 Å². The zero-order valence-electron chi connectivity index (χ0n) is 14.3. The molecule has 0 unspecified atom stereocenters. The van der Waals surface area contributed by atoms with Gasteiger partial charge in [0.25, 0.3) is 0 Å². The van der Waals surface area contributed by atoms with Crippen molar-refractivity contribution in [1.29, 1.82) is 5.26 Å². The van der Waals surface area contributed by atoms with Crippen LogP contribution in [-0.2, 0) is 10.0 Å². The predicted octanol–water partition coefficient (Wildman–Crippen LogP) is 2.01. The minimum atomic E-state index is -3.19. The van der Waals surface area contributed by atoms with Crippen molar-refractivity contribution in [2.45, 2.75) is 32.7 Å². The first-order valence-electron chi connectivity index (χ1n) is 8.06. The van der Waals surface area contributed by atoms with E-state index in [-0.39, 0.29) is 17.6 Å². The normalized spacial score (nSPS) is 16.2. The highest BCUT2D eigenvalue weighted by Gasteiger charge is 2.29. The van der Waals surface area contributed by atoms with Crippen LogP contribution in [-0.4, -0.2) is 50.4 Å². The van der Waals surface area contributed by atoms with Crippen LogP contribution in [0.1, 0.15) is 42.6 Å². The first-order chi connectivity index (χ1) is 11.3. The third-order valence-corrected chi connectivity index (χ3v) is 6.55. The molecule has 0 radical (unpaired) electrons. The molecule has 0 saturated carbocycles. The zero-order valence-corrected chi connectivity index (χ0v) is 15.1. The Morgan fingerprint density at radius 1 is 1.38 bits per heavy atom. The lowest BCUT2D eigenvalue weighted by Crippen LogP contribution is -2.46. The molecule has 0 spiro atoms. The molecule has 1 fully saturated rings. The predicted molar refractivity (Wildman–Crippen MR) is 93.6 cm³/mol. The molecule has 0 amide bonds. The van der Waals surface area contributed by atoms with Crippen LogP contribution >= 0.6 is 0 Å². The summed E-state index contributed by atoms with van der Waals surface area (Å²) in [6.45, 7) is 4.46. The summed E-state index contributed by atoms with van der Waals surface area (Å²) < 4.78 is 25.5. The van der Waals surface area contributed by atoms with Crippen LogP contribution in [0.5, 0.6) is 0 Å². The van der Waals surface area contributed by atoms with Crippen molar-refractivity contribution < 1.29 is 13.2 Å². The number of carbonyl (C=O) groups excluding carboxylic acids is 1. The number of nitriles is 1. The number of benzene rings is 1. The van der Waals surface area contributed by atoms with Crippen molar-refractivity contribution >= 4 is 21.5 Å². The zero-order chi connectivity index (χ0) is 17.9. The first kappa shape index (κ1) is 18.4. The van der Waals surface area contributed by atoms with E-state index in [9.17, 15) is 18.5 Å². The van der Waals surface area contributed by atoms with Crippen LogP contribution in [0.25, 0.3) is 0 Å². The van der Waals surface area contributed by atoms with E-state index in [2.05, 4.69) is 11.0 Å². The van der Waals surface area contributed by atoms with Gasteiger partial charge in [-0.25, -0.2) is 12.7 Å². The van der Waals surface area contributed by atoms with Gasteiger partial charge in [-0.1, -0.05) is 0 Å². The van der Waals surface area contributed by atoms with Crippen molar-refractivity contribution in [2.75, 3.05) is 30.8 Å². The number of carbonyl (C=O) groups is 1. The maximum Gasteiger partial charge on any atom is 0.213 e. The Morgan fingerprint density at radius 3 is 2.50 bits per heavy atom. The van der Waals surface area contributed by atoms with E-state index in [1.165, 1.54) is 11.2 Å². The molecule has 2 rings (SSSR count). The van der Waals surface area contributed by atoms with E-state index in [0.29, 0.717) is 37.1 Å². The van der Waals surface area contributed by atoms with Gasteiger partial charge in [0.05, 0.1) is 17.0 Å². The van der Waals surface area contributed by atoms with E-state index >= 15 is 0 Å². The summed E-state index contributed by atoms with van der Waals surface area (Å²) in [5.41, 5.74) is 1.87. The topological polar surface area (TPSA) is 81.5 Å². The summed E-state index contributed by atoms with van der Waals surface area (Å²) in [7, 11) is -1.56. The van der Waals surface area contributed by atoms with Gasteiger partial charge < -0.3 is 4.90 Å². The van der Waals surface area contributed by atoms with Gasteiger partial charge in [0, 0.05) is 31.7 Å². The molecular formula is C17H23N3O3S. The van der Waals surface area contributed by atoms with Gasteiger partial charge in [0.2, 0.25) is 10.0 Å². The third-order valence-electron chi connectivity index (χ3n) is 4.65. The minimum Gasteiger partial charge on any atom is -0.370 e. The van der Waals surface area contributed by atoms with Gasteiger partial charge in [0.1, 0.15) is 6.07 Å². The van der Waals surface area contributed by atoms with Gasteiger partial charge in [-0.15, -0.1) is 0 Å². The monoisotopic (exact) mass is 349 g/mol. The van der Waals surface area contributed by atoms with Crippen molar-refractivity contribution in [3.05, 3.63) is 29.3 Å². The molecule has 0 aliphatic carbocycles. The van der Waals surface area contributed by atoms with Crippen LogP contribution in [0.15, 0.2) is 18.2 Å². The van der Waals surface area contributed by atoms with E-state index in [0.717, 1.165) is 5.69 Å². The second-order valence-corrected chi connectivity index (χ2v) is 8.35. The molecule has 1 saturated heterocycles. The number of hydrogen-bond donors (Lipinski definition) is 0. The summed E-state index contributed by atoms with van der Waals surface area (Å²) in [4.78, 5) is 13.7. The fourth-order valence-electron chi connectivity index (χ4n) is 3.01. The quantitative estimate of drug-likeness (QED) is 0.760. The average molecular weight is 349 g/mol. The van der Waals surface area contributed by atoms with Crippen molar-refractivity contribution in [3.63, 3.8) is 0 Å². The molecule has 1 aromatic carbocycles. The summed E-state index contributed by atoms with van der Waals surface area (Å²) >= 11 is 0. The molecule has 0 atom stereocenters. The average Bonchev–Trinajstić information content (AvgIpc) is 2.60. The molecule has 1 heterocycles. The van der Waals surface area contributed by atoms with Gasteiger partial charge >= 0.3 is 0 Å². The second kappa shape index (κ2) is 7.32. The number of sulfonamides is 1. The minimum absolute atomic E-state index is 0.0206. The molecule has 7 heteroatoms. The largest absolute Gasteiger partial charge is 0.370 e. The number of ketones is 1. The lowest BCUT2D eigenvalue weighted by atomic mass is 10.0. The summed E-state index contributed by atoms with van der Waals surface area (Å²) in [5, 5.41) is 9.31. The maximum atomic E-state index is 12.0. The van der Waals surface area contributed by atoms with Crippen LogP contribution in [0.2, 0.25) is 0 Å². The Hall–Kier alpha value is -1.91. The van der Waals surface area contributed by atoms with Gasteiger partial charge in [-0.3, -0.25) is 4.79 Å². The van der Waals surface area contributed by atoms with Crippen molar-refractivity contribution in [1.82, 2.24) is 4.31 Å². The highest BCUT2D eigenvalue weighted by molar-refractivity contribution is 7.89.